The summed E-state index contributed by atoms with van der Waals surface area (Å²) in [6, 6.07) is 20.5. The molecular formula is C32H24FN3O4S2. The zero-order valence-corrected chi connectivity index (χ0v) is 23.9. The fourth-order valence-corrected chi connectivity index (χ4v) is 8.41. The molecule has 0 saturated carbocycles. The molecule has 0 atom stereocenters. The molecule has 7 rings (SSSR count). The average molecular weight is 598 g/mol. The van der Waals surface area contributed by atoms with E-state index in [-0.39, 0.29) is 4.90 Å². The molecule has 5 aromatic rings. The molecule has 0 unspecified atom stereocenters. The van der Waals surface area contributed by atoms with Gasteiger partial charge in [-0.25, -0.2) is 16.8 Å². The van der Waals surface area contributed by atoms with Crippen LogP contribution in [0, 0.1) is 23.1 Å². The number of fused-ring (bicyclic) bond motifs is 2. The minimum Gasteiger partial charge on any atom is -0.481 e. The van der Waals surface area contributed by atoms with E-state index in [4.69, 9.17) is 0 Å². The van der Waals surface area contributed by atoms with Crippen LogP contribution in [0.25, 0.3) is 33.3 Å². The van der Waals surface area contributed by atoms with Crippen LogP contribution < -0.4 is 4.90 Å². The monoisotopic (exact) mass is 597 g/mol. The topological polar surface area (TPSA) is 103 Å². The second-order valence-electron chi connectivity index (χ2n) is 10.7. The molecule has 10 heteroatoms. The van der Waals surface area contributed by atoms with Gasteiger partial charge in [-0.3, -0.25) is 4.79 Å². The summed E-state index contributed by atoms with van der Waals surface area (Å²) in [5.74, 6) is -1.85. The number of hydrogen-bond acceptors (Lipinski definition) is 6. The van der Waals surface area contributed by atoms with E-state index >= 15 is 0 Å². The number of hydrogen-bond donors (Lipinski definition) is 1. The number of carboxylic acid groups (broad SMARTS) is 1. The van der Waals surface area contributed by atoms with Gasteiger partial charge in [-0.2, -0.15) is 5.26 Å². The Bertz CT molecular complexity index is 2070. The lowest BCUT2D eigenvalue weighted by atomic mass is 9.96. The van der Waals surface area contributed by atoms with Crippen molar-refractivity contribution in [3.8, 4) is 28.5 Å². The van der Waals surface area contributed by atoms with Crippen molar-refractivity contribution >= 4 is 43.9 Å². The highest BCUT2D eigenvalue weighted by Crippen LogP contribution is 2.46. The summed E-state index contributed by atoms with van der Waals surface area (Å²) in [4.78, 5) is 13.9. The number of rotatable bonds is 6. The number of nitrogens with zero attached hydrogens (tertiary/aromatic N) is 3. The summed E-state index contributed by atoms with van der Waals surface area (Å²) in [7, 11) is -4.19. The molecule has 7 nitrogen and oxygen atoms in total. The van der Waals surface area contributed by atoms with E-state index < -0.39 is 27.7 Å². The average Bonchev–Trinajstić information content (AvgIpc) is 3.68. The van der Waals surface area contributed by atoms with Crippen molar-refractivity contribution in [2.75, 3.05) is 18.0 Å². The SMILES string of the molecule is N#Cc1sccc1-c1c(-c2cccc(N3CC(C(=O)O)C3)c2)n(S(=O)(=O)c2ccc3c(c2)CCC3)c2ccc(F)cc12. The number of aliphatic carboxylic acids is 1. The van der Waals surface area contributed by atoms with Crippen molar-refractivity contribution in [1.82, 2.24) is 3.97 Å². The number of carbonyl (C=O) groups is 1. The Morgan fingerprint density at radius 2 is 1.83 bits per heavy atom. The van der Waals surface area contributed by atoms with Gasteiger partial charge in [-0.1, -0.05) is 18.2 Å². The molecule has 2 aromatic heterocycles. The second kappa shape index (κ2) is 9.82. The van der Waals surface area contributed by atoms with Crippen LogP contribution in [-0.2, 0) is 27.7 Å². The van der Waals surface area contributed by atoms with Crippen LogP contribution in [0.15, 0.2) is 77.0 Å². The van der Waals surface area contributed by atoms with Gasteiger partial charge in [-0.05, 0) is 84.3 Å². The smallest absolute Gasteiger partial charge is 0.310 e. The Morgan fingerprint density at radius 3 is 2.62 bits per heavy atom. The highest BCUT2D eigenvalue weighted by atomic mass is 32.2. The fourth-order valence-electron chi connectivity index (χ4n) is 6.12. The van der Waals surface area contributed by atoms with E-state index in [1.165, 1.54) is 33.5 Å². The van der Waals surface area contributed by atoms with Gasteiger partial charge in [0.1, 0.15) is 16.8 Å². The van der Waals surface area contributed by atoms with Gasteiger partial charge in [0.05, 0.1) is 22.0 Å². The molecule has 42 heavy (non-hydrogen) atoms. The molecular weight excluding hydrogens is 574 g/mol. The Hall–Kier alpha value is -4.46. The maximum Gasteiger partial charge on any atom is 0.310 e. The zero-order chi connectivity index (χ0) is 29.2. The predicted octanol–water partition coefficient (Wildman–Crippen LogP) is 6.29. The van der Waals surface area contributed by atoms with Gasteiger partial charge >= 0.3 is 5.97 Å². The van der Waals surface area contributed by atoms with Crippen molar-refractivity contribution in [1.29, 1.82) is 5.26 Å². The molecule has 1 saturated heterocycles. The first-order valence-corrected chi connectivity index (χ1v) is 15.9. The number of thiophene rings is 1. The molecule has 210 valence electrons. The van der Waals surface area contributed by atoms with Crippen LogP contribution >= 0.6 is 11.3 Å². The number of nitriles is 1. The van der Waals surface area contributed by atoms with Crippen LogP contribution in [0.2, 0.25) is 0 Å². The molecule has 1 aliphatic carbocycles. The lowest BCUT2D eigenvalue weighted by molar-refractivity contribution is -0.142. The molecule has 0 spiro atoms. The lowest BCUT2D eigenvalue weighted by Gasteiger charge is -2.38. The molecule has 1 N–H and O–H groups in total. The predicted molar refractivity (Wildman–Crippen MR) is 160 cm³/mol. The van der Waals surface area contributed by atoms with Crippen molar-refractivity contribution in [2.24, 2.45) is 5.92 Å². The minimum atomic E-state index is -4.19. The van der Waals surface area contributed by atoms with Gasteiger partial charge in [0, 0.05) is 40.9 Å². The van der Waals surface area contributed by atoms with Gasteiger partial charge in [0.15, 0.2) is 0 Å². The standard InChI is InChI=1S/C32H24FN3O4S2/c33-23-8-10-28-27(15-23)30(26-11-12-41-29(26)16-34)31(21-5-2-6-24(13-21)35-17-22(18-35)32(37)38)36(28)42(39,40)25-9-7-19-3-1-4-20(19)14-25/h2,5-15,22H,1,3-4,17-18H2,(H,37,38). The zero-order valence-electron chi connectivity index (χ0n) is 22.2. The molecule has 0 radical (unpaired) electrons. The highest BCUT2D eigenvalue weighted by Gasteiger charge is 2.34. The number of anilines is 1. The quantitative estimate of drug-likeness (QED) is 0.247. The third-order valence-corrected chi connectivity index (χ3v) is 10.8. The lowest BCUT2D eigenvalue weighted by Crippen LogP contribution is -2.50. The summed E-state index contributed by atoms with van der Waals surface area (Å²) >= 11 is 1.23. The van der Waals surface area contributed by atoms with Crippen LogP contribution in [0.3, 0.4) is 0 Å². The number of carboxylic acids is 1. The Balaban J connectivity index is 1.52. The summed E-state index contributed by atoms with van der Waals surface area (Å²) in [6.45, 7) is 0.687. The van der Waals surface area contributed by atoms with Crippen LogP contribution in [0.5, 0.6) is 0 Å². The first-order chi connectivity index (χ1) is 20.3. The Kier molecular flexibility index (Phi) is 6.18. The van der Waals surface area contributed by atoms with E-state index in [9.17, 15) is 28.0 Å². The highest BCUT2D eigenvalue weighted by molar-refractivity contribution is 7.90. The first kappa shape index (κ1) is 26.4. The van der Waals surface area contributed by atoms with Gasteiger partial charge in [-0.15, -0.1) is 11.3 Å². The van der Waals surface area contributed by atoms with Gasteiger partial charge < -0.3 is 10.0 Å². The molecule has 0 amide bonds. The first-order valence-electron chi connectivity index (χ1n) is 13.5. The third-order valence-electron chi connectivity index (χ3n) is 8.25. The van der Waals surface area contributed by atoms with Gasteiger partial charge in [0.25, 0.3) is 10.0 Å². The second-order valence-corrected chi connectivity index (χ2v) is 13.4. The summed E-state index contributed by atoms with van der Waals surface area (Å²) in [5, 5.41) is 21.4. The molecule has 1 aliphatic heterocycles. The van der Waals surface area contributed by atoms with Crippen molar-refractivity contribution < 1.29 is 22.7 Å². The van der Waals surface area contributed by atoms with Crippen molar-refractivity contribution in [3.05, 3.63) is 93.9 Å². The van der Waals surface area contributed by atoms with Crippen molar-refractivity contribution in [2.45, 2.75) is 24.2 Å². The number of aryl methyl sites for hydroxylation is 2. The molecule has 0 bridgehead atoms. The summed E-state index contributed by atoms with van der Waals surface area (Å²) in [5.41, 5.74) is 5.07. The normalized spacial score (nSPS) is 15.0. The largest absolute Gasteiger partial charge is 0.481 e. The van der Waals surface area contributed by atoms with E-state index in [1.807, 2.05) is 23.1 Å². The fraction of sp³-hybridized carbons (Fsp3) is 0.188. The van der Waals surface area contributed by atoms with E-state index in [0.717, 1.165) is 36.1 Å². The molecule has 2 aliphatic rings. The number of aromatic nitrogens is 1. The van der Waals surface area contributed by atoms with E-state index in [1.54, 1.807) is 35.7 Å². The third kappa shape index (κ3) is 4.11. The van der Waals surface area contributed by atoms with E-state index in [2.05, 4.69) is 6.07 Å². The number of benzene rings is 3. The van der Waals surface area contributed by atoms with E-state index in [0.29, 0.717) is 51.3 Å². The molecule has 3 aromatic carbocycles. The molecule has 1 fully saturated rings. The van der Waals surface area contributed by atoms with Crippen LogP contribution in [0.4, 0.5) is 10.1 Å². The Morgan fingerprint density at radius 1 is 1.02 bits per heavy atom. The summed E-state index contributed by atoms with van der Waals surface area (Å²) < 4.78 is 45.3. The number of halogens is 1. The summed E-state index contributed by atoms with van der Waals surface area (Å²) in [6.07, 6.45) is 2.70. The van der Waals surface area contributed by atoms with Crippen molar-refractivity contribution in [3.63, 3.8) is 0 Å². The maximum atomic E-state index is 14.8. The van der Waals surface area contributed by atoms with Gasteiger partial charge in [0.2, 0.25) is 0 Å². The minimum absolute atomic E-state index is 0.145. The maximum absolute atomic E-state index is 14.8. The Labute approximate surface area is 245 Å². The molecule has 3 heterocycles. The van der Waals surface area contributed by atoms with Crippen LogP contribution in [0.1, 0.15) is 22.4 Å². The van der Waals surface area contributed by atoms with Crippen LogP contribution in [-0.4, -0.2) is 36.6 Å².